The quantitative estimate of drug-likeness (QED) is 0.323. The van der Waals surface area contributed by atoms with E-state index in [4.69, 9.17) is 0 Å². The Bertz CT molecular complexity index is 892. The average Bonchev–Trinajstić information content (AvgIpc) is 2.96. The molecule has 0 radical (unpaired) electrons. The minimum absolute atomic E-state index is 0.0114. The van der Waals surface area contributed by atoms with Crippen LogP contribution in [-0.2, 0) is 9.59 Å². The van der Waals surface area contributed by atoms with Gasteiger partial charge in [-0.25, -0.2) is 4.39 Å². The zero-order chi connectivity index (χ0) is 20.1. The number of halogens is 1. The van der Waals surface area contributed by atoms with E-state index in [0.717, 1.165) is 25.7 Å². The molecule has 2 aromatic carbocycles. The Morgan fingerprint density at radius 1 is 1.04 bits per heavy atom. The van der Waals surface area contributed by atoms with Gasteiger partial charge in [-0.05, 0) is 24.1 Å². The lowest BCUT2D eigenvalue weighted by Gasteiger charge is -2.25. The molecule has 0 unspecified atom stereocenters. The van der Waals surface area contributed by atoms with Gasteiger partial charge in [-0.15, -0.1) is 0 Å². The lowest BCUT2D eigenvalue weighted by Crippen LogP contribution is -2.30. The van der Waals surface area contributed by atoms with E-state index < -0.39 is 23.5 Å². The van der Waals surface area contributed by atoms with Crippen molar-refractivity contribution in [1.29, 1.82) is 0 Å². The van der Waals surface area contributed by atoms with Crippen LogP contribution < -0.4 is 0 Å². The minimum atomic E-state index is -0.794. The van der Waals surface area contributed by atoms with Gasteiger partial charge in [0.1, 0.15) is 11.6 Å². The third kappa shape index (κ3) is 3.98. The van der Waals surface area contributed by atoms with Crippen LogP contribution in [0.5, 0.6) is 0 Å². The molecule has 0 aromatic heterocycles. The first-order valence-corrected chi connectivity index (χ1v) is 9.64. The molecular weight excluding hydrogens is 357 g/mol. The van der Waals surface area contributed by atoms with Crippen LogP contribution >= 0.6 is 0 Å². The van der Waals surface area contributed by atoms with Gasteiger partial charge in [0.15, 0.2) is 0 Å². The largest absolute Gasteiger partial charge is 0.507 e. The Morgan fingerprint density at radius 3 is 2.46 bits per heavy atom. The molecule has 1 heterocycles. The number of hydrogen-bond acceptors (Lipinski definition) is 3. The summed E-state index contributed by atoms with van der Waals surface area (Å²) in [7, 11) is 0. The number of aliphatic hydroxyl groups excluding tert-OH is 1. The zero-order valence-electron chi connectivity index (χ0n) is 15.9. The van der Waals surface area contributed by atoms with Crippen molar-refractivity contribution in [1.82, 2.24) is 4.90 Å². The minimum Gasteiger partial charge on any atom is -0.507 e. The molecule has 5 heteroatoms. The molecular formula is C23H24FNO3. The fourth-order valence-electron chi connectivity index (χ4n) is 3.59. The van der Waals surface area contributed by atoms with Crippen molar-refractivity contribution in [3.63, 3.8) is 0 Å². The molecule has 1 aliphatic rings. The maximum Gasteiger partial charge on any atom is 0.295 e. The molecule has 4 nitrogen and oxygen atoms in total. The average molecular weight is 381 g/mol. The number of Topliss-reactive ketones (excluding diaryl/α,β-unsaturated/α-hetero) is 1. The second-order valence-electron chi connectivity index (χ2n) is 6.97. The molecule has 0 bridgehead atoms. The first-order chi connectivity index (χ1) is 13.5. The first kappa shape index (κ1) is 19.8. The number of aliphatic hydroxyl groups is 1. The highest BCUT2D eigenvalue weighted by molar-refractivity contribution is 6.46. The molecule has 1 aliphatic heterocycles. The van der Waals surface area contributed by atoms with Gasteiger partial charge in [0, 0.05) is 12.1 Å². The van der Waals surface area contributed by atoms with Crippen LogP contribution in [0.3, 0.4) is 0 Å². The summed E-state index contributed by atoms with van der Waals surface area (Å²) in [5.41, 5.74) is 0.942. The topological polar surface area (TPSA) is 57.6 Å². The Kier molecular flexibility index (Phi) is 6.24. The van der Waals surface area contributed by atoms with Gasteiger partial charge in [-0.2, -0.15) is 0 Å². The number of carbonyl (C=O) groups is 2. The maximum atomic E-state index is 13.9. The summed E-state index contributed by atoms with van der Waals surface area (Å²) in [5.74, 6) is -2.06. The van der Waals surface area contributed by atoms with Crippen molar-refractivity contribution >= 4 is 17.4 Å². The van der Waals surface area contributed by atoms with Gasteiger partial charge in [0.05, 0.1) is 11.6 Å². The number of unbranched alkanes of at least 4 members (excludes halogenated alkanes) is 3. The van der Waals surface area contributed by atoms with Crippen molar-refractivity contribution in [3.05, 3.63) is 77.1 Å². The van der Waals surface area contributed by atoms with Crippen molar-refractivity contribution in [2.24, 2.45) is 0 Å². The van der Waals surface area contributed by atoms with E-state index in [1.807, 2.05) is 0 Å². The Balaban J connectivity index is 2.06. The van der Waals surface area contributed by atoms with E-state index >= 15 is 0 Å². The van der Waals surface area contributed by atoms with E-state index in [1.165, 1.54) is 17.0 Å². The number of amides is 1. The molecule has 146 valence electrons. The summed E-state index contributed by atoms with van der Waals surface area (Å²) in [4.78, 5) is 27.0. The Hall–Kier alpha value is -2.95. The van der Waals surface area contributed by atoms with Gasteiger partial charge in [-0.3, -0.25) is 9.59 Å². The summed E-state index contributed by atoms with van der Waals surface area (Å²) < 4.78 is 13.9. The molecule has 0 saturated carbocycles. The fraction of sp³-hybridized carbons (Fsp3) is 0.304. The van der Waals surface area contributed by atoms with Crippen LogP contribution in [0.2, 0.25) is 0 Å². The Labute approximate surface area is 164 Å². The normalized spacial score (nSPS) is 18.6. The summed E-state index contributed by atoms with van der Waals surface area (Å²) in [6.45, 7) is 2.48. The van der Waals surface area contributed by atoms with Crippen LogP contribution in [0.4, 0.5) is 4.39 Å². The van der Waals surface area contributed by atoms with Crippen LogP contribution in [0, 0.1) is 5.82 Å². The number of benzene rings is 2. The van der Waals surface area contributed by atoms with Crippen LogP contribution in [-0.4, -0.2) is 28.2 Å². The van der Waals surface area contributed by atoms with Crippen LogP contribution in [0.25, 0.3) is 5.76 Å². The summed E-state index contributed by atoms with van der Waals surface area (Å²) >= 11 is 0. The third-order valence-corrected chi connectivity index (χ3v) is 5.00. The highest BCUT2D eigenvalue weighted by Crippen LogP contribution is 2.39. The van der Waals surface area contributed by atoms with E-state index in [0.29, 0.717) is 17.7 Å². The monoisotopic (exact) mass is 381 g/mol. The number of rotatable bonds is 7. The van der Waals surface area contributed by atoms with Crippen molar-refractivity contribution in [2.45, 2.75) is 38.6 Å². The molecule has 1 saturated heterocycles. The number of hydrogen-bond donors (Lipinski definition) is 1. The zero-order valence-corrected chi connectivity index (χ0v) is 15.9. The standard InChI is InChI=1S/C23H24FNO3/c1-2-3-4-8-14-25-20(17-12-9-13-18(24)15-17)19(22(27)23(25)28)21(26)16-10-6-5-7-11-16/h5-7,9-13,15,20,26H,2-4,8,14H2,1H3/b21-19+/t20-/m0/s1. The lowest BCUT2D eigenvalue weighted by atomic mass is 9.95. The van der Waals surface area contributed by atoms with Gasteiger partial charge in [0.2, 0.25) is 0 Å². The molecule has 1 N–H and O–H groups in total. The number of likely N-dealkylation sites (tertiary alicyclic amines) is 1. The summed E-state index contributed by atoms with van der Waals surface area (Å²) in [6.07, 6.45) is 3.78. The Morgan fingerprint density at radius 2 is 1.79 bits per heavy atom. The number of carbonyl (C=O) groups excluding carboxylic acids is 2. The predicted molar refractivity (Wildman–Crippen MR) is 106 cm³/mol. The fourth-order valence-corrected chi connectivity index (χ4v) is 3.59. The smallest absolute Gasteiger partial charge is 0.295 e. The van der Waals surface area contributed by atoms with Crippen molar-refractivity contribution in [3.8, 4) is 0 Å². The van der Waals surface area contributed by atoms with Gasteiger partial charge in [0.25, 0.3) is 11.7 Å². The number of ketones is 1. The van der Waals surface area contributed by atoms with Crippen LogP contribution in [0.1, 0.15) is 49.8 Å². The highest BCUT2D eigenvalue weighted by Gasteiger charge is 2.45. The molecule has 1 amide bonds. The van der Waals surface area contributed by atoms with Gasteiger partial charge >= 0.3 is 0 Å². The lowest BCUT2D eigenvalue weighted by molar-refractivity contribution is -0.139. The summed E-state index contributed by atoms with van der Waals surface area (Å²) in [5, 5.41) is 10.8. The van der Waals surface area contributed by atoms with E-state index in [9.17, 15) is 19.1 Å². The number of nitrogens with zero attached hydrogens (tertiary/aromatic N) is 1. The molecule has 1 atom stereocenters. The maximum absolute atomic E-state index is 13.9. The molecule has 1 fully saturated rings. The molecule has 0 spiro atoms. The predicted octanol–water partition coefficient (Wildman–Crippen LogP) is 4.83. The second kappa shape index (κ2) is 8.83. The molecule has 2 aromatic rings. The van der Waals surface area contributed by atoms with E-state index in [-0.39, 0.29) is 11.3 Å². The van der Waals surface area contributed by atoms with E-state index in [1.54, 1.807) is 42.5 Å². The van der Waals surface area contributed by atoms with Gasteiger partial charge < -0.3 is 10.0 Å². The van der Waals surface area contributed by atoms with Crippen LogP contribution in [0.15, 0.2) is 60.2 Å². The summed E-state index contributed by atoms with van der Waals surface area (Å²) in [6, 6.07) is 13.7. The third-order valence-electron chi connectivity index (χ3n) is 5.00. The second-order valence-corrected chi connectivity index (χ2v) is 6.97. The van der Waals surface area contributed by atoms with Crippen molar-refractivity contribution < 1.29 is 19.1 Å². The molecule has 3 rings (SSSR count). The van der Waals surface area contributed by atoms with Crippen molar-refractivity contribution in [2.75, 3.05) is 6.54 Å². The highest BCUT2D eigenvalue weighted by atomic mass is 19.1. The first-order valence-electron chi connectivity index (χ1n) is 9.64. The SMILES string of the molecule is CCCCCCN1C(=O)C(=O)/C(=C(/O)c2ccccc2)[C@@H]1c1cccc(F)c1. The molecule has 0 aliphatic carbocycles. The molecule has 28 heavy (non-hydrogen) atoms. The van der Waals surface area contributed by atoms with E-state index in [2.05, 4.69) is 6.92 Å². The van der Waals surface area contributed by atoms with Gasteiger partial charge in [-0.1, -0.05) is 68.7 Å².